The van der Waals surface area contributed by atoms with Gasteiger partial charge in [-0.2, -0.15) is 0 Å². The summed E-state index contributed by atoms with van der Waals surface area (Å²) < 4.78 is 15.0. The van der Waals surface area contributed by atoms with E-state index in [4.69, 9.17) is 0 Å². The number of aryl methyl sites for hydroxylation is 1. The summed E-state index contributed by atoms with van der Waals surface area (Å²) in [6.07, 6.45) is 2.61. The van der Waals surface area contributed by atoms with E-state index in [1.807, 2.05) is 0 Å². The van der Waals surface area contributed by atoms with Crippen LogP contribution < -0.4 is 5.56 Å². The van der Waals surface area contributed by atoms with Crippen molar-refractivity contribution < 1.29 is 9.50 Å². The van der Waals surface area contributed by atoms with Gasteiger partial charge in [0.15, 0.2) is 0 Å². The number of pyridine rings is 1. The molecule has 0 aliphatic carbocycles. The predicted molar refractivity (Wildman–Crippen MR) is 94.8 cm³/mol. The Kier molecular flexibility index (Phi) is 3.58. The number of rotatable bonds is 2. The summed E-state index contributed by atoms with van der Waals surface area (Å²) in [5, 5.41) is 9.65. The van der Waals surface area contributed by atoms with Crippen LogP contribution in [0.3, 0.4) is 0 Å². The molecule has 0 unspecified atom stereocenters. The number of nitrogens with zero attached hydrogens (tertiary/aromatic N) is 3. The summed E-state index contributed by atoms with van der Waals surface area (Å²) in [6.45, 7) is 1.76. The Morgan fingerprint density at radius 2 is 2.00 bits per heavy atom. The van der Waals surface area contributed by atoms with Gasteiger partial charge in [-0.1, -0.05) is 0 Å². The van der Waals surface area contributed by atoms with Gasteiger partial charge < -0.3 is 5.11 Å². The molecule has 1 N–H and O–H groups in total. The van der Waals surface area contributed by atoms with Crippen LogP contribution in [0.4, 0.5) is 4.39 Å². The average Bonchev–Trinajstić information content (AvgIpc) is 3.04. The number of benzene rings is 1. The lowest BCUT2D eigenvalue weighted by molar-refractivity contribution is 0.471. The minimum atomic E-state index is -0.409. The monoisotopic (exact) mass is 353 g/mol. The average molecular weight is 353 g/mol. The number of hydrogen-bond acceptors (Lipinski definition) is 5. The lowest BCUT2D eigenvalue weighted by atomic mass is 10.2. The van der Waals surface area contributed by atoms with Gasteiger partial charge in [-0.25, -0.2) is 9.37 Å². The minimum absolute atomic E-state index is 0.173. The van der Waals surface area contributed by atoms with E-state index in [0.717, 1.165) is 11.1 Å². The first kappa shape index (κ1) is 15.5. The smallest absolute Gasteiger partial charge is 0.275 e. The summed E-state index contributed by atoms with van der Waals surface area (Å²) in [7, 11) is 0. The van der Waals surface area contributed by atoms with Crippen molar-refractivity contribution in [3.8, 4) is 22.0 Å². The molecule has 0 aliphatic heterocycles. The summed E-state index contributed by atoms with van der Waals surface area (Å²) in [5.74, 6) is -0.236. The number of hydrogen-bond donors (Lipinski definition) is 1. The number of thiophene rings is 1. The van der Waals surface area contributed by atoms with Crippen molar-refractivity contribution in [2.75, 3.05) is 0 Å². The van der Waals surface area contributed by atoms with E-state index in [1.54, 1.807) is 37.3 Å². The van der Waals surface area contributed by atoms with Crippen LogP contribution in [0.1, 0.15) is 5.56 Å². The van der Waals surface area contributed by atoms with E-state index in [-0.39, 0.29) is 11.3 Å². The molecular formula is C18H12FN3O2S. The molecule has 3 aromatic heterocycles. The third-order valence-electron chi connectivity index (χ3n) is 3.88. The molecule has 124 valence electrons. The third kappa shape index (κ3) is 2.68. The van der Waals surface area contributed by atoms with E-state index in [0.29, 0.717) is 27.2 Å². The quantitative estimate of drug-likeness (QED) is 0.597. The third-order valence-corrected chi connectivity index (χ3v) is 5.01. The molecule has 0 atom stereocenters. The minimum Gasteiger partial charge on any atom is -0.508 e. The normalized spacial score (nSPS) is 11.1. The van der Waals surface area contributed by atoms with Gasteiger partial charge in [-0.05, 0) is 48.9 Å². The summed E-state index contributed by atoms with van der Waals surface area (Å²) in [4.78, 5) is 22.0. The molecule has 0 amide bonds. The number of phenols is 1. The van der Waals surface area contributed by atoms with Crippen LogP contribution in [0.15, 0.2) is 53.7 Å². The maximum Gasteiger partial charge on any atom is 0.275 e. The van der Waals surface area contributed by atoms with E-state index in [9.17, 15) is 14.3 Å². The van der Waals surface area contributed by atoms with Crippen molar-refractivity contribution in [2.24, 2.45) is 0 Å². The first-order chi connectivity index (χ1) is 12.0. The SMILES string of the molecule is Cc1cc(-n2cnc3cc(-c4ccc(F)cn4)sc3c2=O)ccc1O. The van der Waals surface area contributed by atoms with Crippen LogP contribution in [0.5, 0.6) is 5.75 Å². The summed E-state index contributed by atoms with van der Waals surface area (Å²) >= 11 is 1.27. The van der Waals surface area contributed by atoms with Crippen LogP contribution in [-0.2, 0) is 0 Å². The molecule has 1 aromatic carbocycles. The molecule has 4 rings (SSSR count). The number of aromatic hydroxyl groups is 1. The van der Waals surface area contributed by atoms with E-state index < -0.39 is 5.82 Å². The number of fused-ring (bicyclic) bond motifs is 1. The first-order valence-corrected chi connectivity index (χ1v) is 8.28. The highest BCUT2D eigenvalue weighted by molar-refractivity contribution is 7.22. The Bertz CT molecular complexity index is 1150. The lowest BCUT2D eigenvalue weighted by Crippen LogP contribution is -2.17. The van der Waals surface area contributed by atoms with Crippen LogP contribution >= 0.6 is 11.3 Å². The number of halogens is 1. The van der Waals surface area contributed by atoms with Crippen LogP contribution in [-0.4, -0.2) is 19.6 Å². The van der Waals surface area contributed by atoms with E-state index in [2.05, 4.69) is 9.97 Å². The predicted octanol–water partition coefficient (Wildman–Crippen LogP) is 3.66. The summed E-state index contributed by atoms with van der Waals surface area (Å²) in [6, 6.07) is 9.60. The molecule has 0 radical (unpaired) electrons. The van der Waals surface area contributed by atoms with Crippen molar-refractivity contribution in [3.05, 3.63) is 70.7 Å². The molecule has 25 heavy (non-hydrogen) atoms. The van der Waals surface area contributed by atoms with Gasteiger partial charge in [-0.3, -0.25) is 14.3 Å². The Balaban J connectivity index is 1.86. The van der Waals surface area contributed by atoms with Crippen molar-refractivity contribution in [1.29, 1.82) is 0 Å². The largest absolute Gasteiger partial charge is 0.508 e. The van der Waals surface area contributed by atoms with Gasteiger partial charge in [0.2, 0.25) is 0 Å². The molecule has 7 heteroatoms. The molecule has 0 saturated carbocycles. The highest BCUT2D eigenvalue weighted by Gasteiger charge is 2.12. The molecule has 5 nitrogen and oxygen atoms in total. The Morgan fingerprint density at radius 3 is 2.72 bits per heavy atom. The number of phenolic OH excluding ortho intramolecular Hbond substituents is 1. The van der Waals surface area contributed by atoms with Gasteiger partial charge in [-0.15, -0.1) is 11.3 Å². The Labute approximate surface area is 145 Å². The molecule has 0 fully saturated rings. The van der Waals surface area contributed by atoms with Crippen LogP contribution in [0, 0.1) is 12.7 Å². The van der Waals surface area contributed by atoms with Crippen molar-refractivity contribution in [2.45, 2.75) is 6.92 Å². The van der Waals surface area contributed by atoms with Gasteiger partial charge >= 0.3 is 0 Å². The van der Waals surface area contributed by atoms with Crippen LogP contribution in [0.25, 0.3) is 26.5 Å². The molecular weight excluding hydrogens is 341 g/mol. The fraction of sp³-hybridized carbons (Fsp3) is 0.0556. The molecule has 0 spiro atoms. The van der Waals surface area contributed by atoms with Gasteiger partial charge in [0.25, 0.3) is 5.56 Å². The molecule has 0 aliphatic rings. The second-order valence-electron chi connectivity index (χ2n) is 5.58. The maximum atomic E-state index is 13.0. The maximum absolute atomic E-state index is 13.0. The van der Waals surface area contributed by atoms with Crippen molar-refractivity contribution in [3.63, 3.8) is 0 Å². The fourth-order valence-corrected chi connectivity index (χ4v) is 3.55. The zero-order valence-corrected chi connectivity index (χ0v) is 13.9. The highest BCUT2D eigenvalue weighted by Crippen LogP contribution is 2.30. The molecule has 0 saturated heterocycles. The van der Waals surface area contributed by atoms with E-state index in [1.165, 1.54) is 28.3 Å². The van der Waals surface area contributed by atoms with Crippen LogP contribution in [0.2, 0.25) is 0 Å². The Morgan fingerprint density at radius 1 is 1.16 bits per heavy atom. The summed E-state index contributed by atoms with van der Waals surface area (Å²) in [5.41, 5.74) is 2.27. The molecule has 0 bridgehead atoms. The standard InChI is InChI=1S/C18H12FN3O2S/c1-10-6-12(3-5-15(10)23)22-9-21-14-7-16(25-17(14)18(22)24)13-4-2-11(19)8-20-13/h2-9,23H,1H3. The van der Waals surface area contributed by atoms with E-state index >= 15 is 0 Å². The molecule has 4 aromatic rings. The second kappa shape index (κ2) is 5.78. The molecule has 3 heterocycles. The number of aromatic nitrogens is 3. The zero-order chi connectivity index (χ0) is 17.6. The first-order valence-electron chi connectivity index (χ1n) is 7.46. The van der Waals surface area contributed by atoms with Crippen molar-refractivity contribution >= 4 is 21.6 Å². The fourth-order valence-electron chi connectivity index (χ4n) is 2.53. The topological polar surface area (TPSA) is 68.0 Å². The zero-order valence-electron chi connectivity index (χ0n) is 13.1. The Hall–Kier alpha value is -3.06. The van der Waals surface area contributed by atoms with Gasteiger partial charge in [0, 0.05) is 0 Å². The highest BCUT2D eigenvalue weighted by atomic mass is 32.1. The second-order valence-corrected chi connectivity index (χ2v) is 6.63. The lowest BCUT2D eigenvalue weighted by Gasteiger charge is -2.07. The van der Waals surface area contributed by atoms with Crippen molar-refractivity contribution in [1.82, 2.24) is 14.5 Å². The van der Waals surface area contributed by atoms with Gasteiger partial charge in [0.1, 0.15) is 22.6 Å². The van der Waals surface area contributed by atoms with Gasteiger partial charge in [0.05, 0.1) is 28.0 Å².